The van der Waals surface area contributed by atoms with Crippen LogP contribution in [0.5, 0.6) is 5.75 Å². The molecule has 0 bridgehead atoms. The summed E-state index contributed by atoms with van der Waals surface area (Å²) in [4.78, 5) is 2.07. The quantitative estimate of drug-likeness (QED) is 0.835. The van der Waals surface area contributed by atoms with E-state index in [2.05, 4.69) is 15.0 Å². The van der Waals surface area contributed by atoms with E-state index in [1.807, 2.05) is 21.0 Å². The molecule has 1 rings (SSSR count). The van der Waals surface area contributed by atoms with Crippen LogP contribution in [-0.4, -0.2) is 37.9 Å². The minimum Gasteiger partial charge on any atom is -0.405 e. The number of hydrogen-bond donors (Lipinski definition) is 1. The Labute approximate surface area is 117 Å². The van der Waals surface area contributed by atoms with E-state index in [1.165, 1.54) is 12.1 Å². The van der Waals surface area contributed by atoms with Crippen LogP contribution in [0.15, 0.2) is 24.3 Å². The van der Waals surface area contributed by atoms with Crippen molar-refractivity contribution in [3.8, 4) is 5.75 Å². The highest BCUT2D eigenvalue weighted by Crippen LogP contribution is 2.26. The van der Waals surface area contributed by atoms with Gasteiger partial charge < -0.3 is 15.0 Å². The van der Waals surface area contributed by atoms with Crippen LogP contribution < -0.4 is 10.1 Å². The molecule has 0 saturated heterocycles. The summed E-state index contributed by atoms with van der Waals surface area (Å²) in [7, 11) is 3.97. The number of nitrogens with zero attached hydrogens (tertiary/aromatic N) is 1. The molecule has 3 nitrogen and oxygen atoms in total. The third-order valence-electron chi connectivity index (χ3n) is 2.85. The Morgan fingerprint density at radius 2 is 1.90 bits per heavy atom. The topological polar surface area (TPSA) is 24.5 Å². The van der Waals surface area contributed by atoms with Gasteiger partial charge in [0.05, 0.1) is 0 Å². The van der Waals surface area contributed by atoms with Gasteiger partial charge in [-0.15, -0.1) is 13.2 Å². The van der Waals surface area contributed by atoms with Gasteiger partial charge >= 0.3 is 6.36 Å². The zero-order chi connectivity index (χ0) is 15.2. The van der Waals surface area contributed by atoms with Crippen LogP contribution in [0, 0.1) is 0 Å². The van der Waals surface area contributed by atoms with E-state index >= 15 is 0 Å². The molecular weight excluding hydrogens is 269 g/mol. The minimum absolute atomic E-state index is 0.146. The molecule has 0 spiro atoms. The molecule has 0 aliphatic heterocycles. The van der Waals surface area contributed by atoms with Crippen LogP contribution in [0.3, 0.4) is 0 Å². The zero-order valence-electron chi connectivity index (χ0n) is 12.0. The number of hydrogen-bond acceptors (Lipinski definition) is 3. The molecule has 0 heterocycles. The van der Waals surface area contributed by atoms with Crippen molar-refractivity contribution in [3.63, 3.8) is 0 Å². The van der Waals surface area contributed by atoms with Gasteiger partial charge in [-0.1, -0.05) is 18.2 Å². The molecule has 1 atom stereocenters. The fourth-order valence-corrected chi connectivity index (χ4v) is 1.71. The van der Waals surface area contributed by atoms with Crippen molar-refractivity contribution in [3.05, 3.63) is 29.8 Å². The predicted molar refractivity (Wildman–Crippen MR) is 72.6 cm³/mol. The van der Waals surface area contributed by atoms with Crippen molar-refractivity contribution in [1.29, 1.82) is 0 Å². The number of ether oxygens (including phenoxy) is 1. The Bertz CT molecular complexity index is 408. The SMILES string of the molecule is CC(CCN(C)C)NCc1ccccc1OC(F)(F)F. The molecule has 0 saturated carbocycles. The fourth-order valence-electron chi connectivity index (χ4n) is 1.71. The number of alkyl halides is 3. The lowest BCUT2D eigenvalue weighted by atomic mass is 10.1. The number of nitrogens with one attached hydrogen (secondary N) is 1. The van der Waals surface area contributed by atoms with Crippen molar-refractivity contribution < 1.29 is 17.9 Å². The van der Waals surface area contributed by atoms with Crippen LogP contribution >= 0.6 is 0 Å². The second kappa shape index (κ2) is 7.50. The van der Waals surface area contributed by atoms with E-state index in [9.17, 15) is 13.2 Å². The van der Waals surface area contributed by atoms with Gasteiger partial charge in [-0.25, -0.2) is 0 Å². The molecule has 1 N–H and O–H groups in total. The lowest BCUT2D eigenvalue weighted by molar-refractivity contribution is -0.274. The van der Waals surface area contributed by atoms with Crippen molar-refractivity contribution >= 4 is 0 Å². The van der Waals surface area contributed by atoms with Crippen molar-refractivity contribution in [1.82, 2.24) is 10.2 Å². The first kappa shape index (κ1) is 16.8. The summed E-state index contributed by atoms with van der Waals surface area (Å²) in [6.07, 6.45) is -3.73. The monoisotopic (exact) mass is 290 g/mol. The Morgan fingerprint density at radius 1 is 1.25 bits per heavy atom. The fraction of sp³-hybridized carbons (Fsp3) is 0.571. The number of para-hydroxylation sites is 1. The standard InChI is InChI=1S/C14H21F3N2O/c1-11(8-9-19(2)3)18-10-12-6-4-5-7-13(12)20-14(15,16)17/h4-7,11,18H,8-10H2,1-3H3. The molecule has 0 fully saturated rings. The minimum atomic E-state index is -4.66. The van der Waals surface area contributed by atoms with Crippen LogP contribution in [0.4, 0.5) is 13.2 Å². The van der Waals surface area contributed by atoms with Gasteiger partial charge in [-0.05, 0) is 40.1 Å². The summed E-state index contributed by atoms with van der Waals surface area (Å²) in [5, 5.41) is 3.21. The van der Waals surface area contributed by atoms with Crippen LogP contribution in [0.2, 0.25) is 0 Å². The molecule has 20 heavy (non-hydrogen) atoms. The Morgan fingerprint density at radius 3 is 2.50 bits per heavy atom. The second-order valence-corrected chi connectivity index (χ2v) is 5.03. The molecular formula is C14H21F3N2O. The van der Waals surface area contributed by atoms with Gasteiger partial charge in [0.15, 0.2) is 0 Å². The lowest BCUT2D eigenvalue weighted by Crippen LogP contribution is -2.29. The highest BCUT2D eigenvalue weighted by Gasteiger charge is 2.31. The maximum Gasteiger partial charge on any atom is 0.573 e. The van der Waals surface area contributed by atoms with Crippen LogP contribution in [0.25, 0.3) is 0 Å². The van der Waals surface area contributed by atoms with Crippen molar-refractivity contribution in [2.45, 2.75) is 32.3 Å². The molecule has 114 valence electrons. The summed E-state index contributed by atoms with van der Waals surface area (Å²) in [6, 6.07) is 6.41. The Hall–Kier alpha value is -1.27. The highest BCUT2D eigenvalue weighted by atomic mass is 19.4. The molecule has 6 heteroatoms. The predicted octanol–water partition coefficient (Wildman–Crippen LogP) is 3.02. The Kier molecular flexibility index (Phi) is 6.29. The summed E-state index contributed by atoms with van der Waals surface area (Å²) in [5.41, 5.74) is 0.501. The van der Waals surface area contributed by atoms with Crippen molar-refractivity contribution in [2.75, 3.05) is 20.6 Å². The number of benzene rings is 1. The van der Waals surface area contributed by atoms with Crippen LogP contribution in [-0.2, 0) is 6.54 Å². The third kappa shape index (κ3) is 6.77. The summed E-state index contributed by atoms with van der Waals surface area (Å²) < 4.78 is 40.9. The van der Waals surface area contributed by atoms with Gasteiger partial charge in [-0.3, -0.25) is 0 Å². The average Bonchev–Trinajstić information content (AvgIpc) is 2.33. The maximum atomic E-state index is 12.3. The average molecular weight is 290 g/mol. The summed E-state index contributed by atoms with van der Waals surface area (Å²) >= 11 is 0. The maximum absolute atomic E-state index is 12.3. The van der Waals surface area contributed by atoms with E-state index in [-0.39, 0.29) is 11.8 Å². The second-order valence-electron chi connectivity index (χ2n) is 5.03. The molecule has 1 aromatic rings. The third-order valence-corrected chi connectivity index (χ3v) is 2.85. The molecule has 0 aliphatic rings. The van der Waals surface area contributed by atoms with Gasteiger partial charge in [-0.2, -0.15) is 0 Å². The van der Waals surface area contributed by atoms with Gasteiger partial charge in [0.25, 0.3) is 0 Å². The lowest BCUT2D eigenvalue weighted by Gasteiger charge is -2.18. The Balaban J connectivity index is 2.55. The van der Waals surface area contributed by atoms with E-state index in [0.717, 1.165) is 13.0 Å². The largest absolute Gasteiger partial charge is 0.573 e. The first-order valence-electron chi connectivity index (χ1n) is 6.49. The zero-order valence-corrected chi connectivity index (χ0v) is 12.0. The number of rotatable bonds is 7. The van der Waals surface area contributed by atoms with Gasteiger partial charge in [0, 0.05) is 18.2 Å². The molecule has 1 aromatic carbocycles. The molecule has 0 radical (unpaired) electrons. The van der Waals surface area contributed by atoms with E-state index in [1.54, 1.807) is 12.1 Å². The summed E-state index contributed by atoms with van der Waals surface area (Å²) in [5.74, 6) is -0.146. The first-order chi connectivity index (χ1) is 9.28. The molecule has 0 aromatic heterocycles. The molecule has 1 unspecified atom stereocenters. The number of halogens is 3. The van der Waals surface area contributed by atoms with E-state index in [0.29, 0.717) is 12.1 Å². The van der Waals surface area contributed by atoms with E-state index < -0.39 is 6.36 Å². The normalized spacial score (nSPS) is 13.6. The van der Waals surface area contributed by atoms with E-state index in [4.69, 9.17) is 0 Å². The van der Waals surface area contributed by atoms with Gasteiger partial charge in [0.2, 0.25) is 0 Å². The van der Waals surface area contributed by atoms with Gasteiger partial charge in [0.1, 0.15) is 5.75 Å². The first-order valence-corrected chi connectivity index (χ1v) is 6.49. The molecule has 0 amide bonds. The summed E-state index contributed by atoms with van der Waals surface area (Å²) in [6.45, 7) is 3.28. The van der Waals surface area contributed by atoms with Crippen LogP contribution in [0.1, 0.15) is 18.9 Å². The smallest absolute Gasteiger partial charge is 0.405 e. The molecule has 0 aliphatic carbocycles. The van der Waals surface area contributed by atoms with Crippen molar-refractivity contribution in [2.24, 2.45) is 0 Å². The highest BCUT2D eigenvalue weighted by molar-refractivity contribution is 5.33.